The Balaban J connectivity index is 1.59. The predicted molar refractivity (Wildman–Crippen MR) is 159 cm³/mol. The van der Waals surface area contributed by atoms with E-state index in [2.05, 4.69) is 16.7 Å². The average molecular weight is 608 g/mol. The molecular formula is C30H27Cl2N5O5. The second-order valence-corrected chi connectivity index (χ2v) is 10.2. The molecule has 0 fully saturated rings. The summed E-state index contributed by atoms with van der Waals surface area (Å²) in [5.74, 6) is -3.18. The number of nitrogens with two attached hydrogens (primary N) is 1. The number of carbonyl (C=O) groups excluding carboxylic acids is 3. The van der Waals surface area contributed by atoms with Gasteiger partial charge in [-0.3, -0.25) is 19.8 Å². The van der Waals surface area contributed by atoms with E-state index in [1.54, 1.807) is 48.5 Å². The number of rotatable bonds is 13. The summed E-state index contributed by atoms with van der Waals surface area (Å²) < 4.78 is 0. The maximum Gasteiger partial charge on any atom is 0.326 e. The Bertz CT molecular complexity index is 1540. The van der Waals surface area contributed by atoms with E-state index >= 15 is 0 Å². The van der Waals surface area contributed by atoms with E-state index in [9.17, 15) is 24.3 Å². The van der Waals surface area contributed by atoms with Gasteiger partial charge in [0.05, 0.1) is 40.5 Å². The fourth-order valence-corrected chi connectivity index (χ4v) is 4.73. The van der Waals surface area contributed by atoms with Crippen LogP contribution < -0.4 is 16.4 Å². The lowest BCUT2D eigenvalue weighted by Crippen LogP contribution is -2.41. The quantitative estimate of drug-likeness (QED) is 0.142. The van der Waals surface area contributed by atoms with Crippen molar-refractivity contribution in [1.29, 1.82) is 10.7 Å². The number of nitriles is 1. The standard InChI is InChI=1S/C30H27Cl2N5O5/c31-23-14-21(19-6-4-17(5-7-19)10-11-33)15-24(32)27(23)29(40)37-25(30(41)42)9-8-22(38)16-36-28(39)20-3-1-2-18(12-20)13-26(34)35/h1-7,12,14-15,25H,8-10,13,16H2,(H3,34,35)(H,36,39)(H,37,40)(H,41,42)/t25-/m0/s1. The molecule has 1 atom stereocenters. The first-order chi connectivity index (χ1) is 20.0. The number of carboxylic acid groups (broad SMARTS) is 1. The van der Waals surface area contributed by atoms with Crippen molar-refractivity contribution in [3.8, 4) is 17.2 Å². The third-order valence-corrected chi connectivity index (χ3v) is 6.78. The maximum atomic E-state index is 12.9. The van der Waals surface area contributed by atoms with Gasteiger partial charge in [-0.05, 0) is 52.9 Å². The van der Waals surface area contributed by atoms with Gasteiger partial charge in [-0.1, -0.05) is 59.6 Å². The minimum absolute atomic E-state index is 0.00593. The zero-order chi connectivity index (χ0) is 30.8. The Hall–Kier alpha value is -4.72. The predicted octanol–water partition coefficient (Wildman–Crippen LogP) is 4.17. The fourth-order valence-electron chi connectivity index (χ4n) is 4.07. The van der Waals surface area contributed by atoms with E-state index in [4.69, 9.17) is 39.6 Å². The molecule has 0 radical (unpaired) electrons. The molecule has 216 valence electrons. The van der Waals surface area contributed by atoms with E-state index in [1.807, 2.05) is 0 Å². The molecule has 42 heavy (non-hydrogen) atoms. The number of ketones is 1. The van der Waals surface area contributed by atoms with Crippen LogP contribution >= 0.6 is 23.2 Å². The molecule has 0 heterocycles. The third-order valence-electron chi connectivity index (χ3n) is 6.18. The highest BCUT2D eigenvalue weighted by atomic mass is 35.5. The molecule has 0 aliphatic carbocycles. The Morgan fingerprint density at radius 3 is 2.21 bits per heavy atom. The van der Waals surface area contributed by atoms with Crippen LogP contribution in [0.15, 0.2) is 60.7 Å². The molecule has 2 amide bonds. The summed E-state index contributed by atoms with van der Waals surface area (Å²) in [4.78, 5) is 49.6. The van der Waals surface area contributed by atoms with E-state index in [1.165, 1.54) is 12.1 Å². The van der Waals surface area contributed by atoms with Crippen LogP contribution in [0.5, 0.6) is 0 Å². The van der Waals surface area contributed by atoms with Crippen molar-refractivity contribution in [1.82, 2.24) is 10.6 Å². The van der Waals surface area contributed by atoms with Crippen molar-refractivity contribution in [2.45, 2.75) is 31.7 Å². The van der Waals surface area contributed by atoms with E-state index in [0.29, 0.717) is 11.1 Å². The number of aliphatic carboxylic acids is 1. The van der Waals surface area contributed by atoms with E-state index in [0.717, 1.165) is 11.1 Å². The summed E-state index contributed by atoms with van der Waals surface area (Å²) in [6, 6.07) is 17.3. The van der Waals surface area contributed by atoms with Gasteiger partial charge < -0.3 is 21.5 Å². The van der Waals surface area contributed by atoms with Gasteiger partial charge in [0.1, 0.15) is 6.04 Å². The lowest BCUT2D eigenvalue weighted by atomic mass is 10.0. The number of halogens is 2. The van der Waals surface area contributed by atoms with Gasteiger partial charge in [-0.25, -0.2) is 4.79 Å². The summed E-state index contributed by atoms with van der Waals surface area (Å²) in [6.45, 7) is -0.341. The topological polar surface area (TPSA) is 186 Å². The van der Waals surface area contributed by atoms with Gasteiger partial charge in [0, 0.05) is 18.4 Å². The van der Waals surface area contributed by atoms with E-state index < -0.39 is 29.6 Å². The molecule has 0 bridgehead atoms. The SMILES string of the molecule is N#CCc1ccc(-c2cc(Cl)c(C(=O)N[C@@H](CCC(=O)CNC(=O)c3cccc(CC(=N)N)c3)C(=O)O)c(Cl)c2)cc1. The lowest BCUT2D eigenvalue weighted by molar-refractivity contribution is -0.139. The van der Waals surface area contributed by atoms with Crippen molar-refractivity contribution < 1.29 is 24.3 Å². The van der Waals surface area contributed by atoms with Gasteiger partial charge >= 0.3 is 5.97 Å². The zero-order valence-corrected chi connectivity index (χ0v) is 23.8. The molecule has 6 N–H and O–H groups in total. The molecule has 3 rings (SSSR count). The second kappa shape index (κ2) is 14.8. The highest BCUT2D eigenvalue weighted by Gasteiger charge is 2.25. The molecule has 12 heteroatoms. The molecule has 0 saturated carbocycles. The van der Waals surface area contributed by atoms with E-state index in [-0.39, 0.29) is 59.2 Å². The lowest BCUT2D eigenvalue weighted by Gasteiger charge is -2.16. The average Bonchev–Trinajstić information content (AvgIpc) is 2.93. The Labute approximate surface area is 251 Å². The number of amidine groups is 1. The number of nitrogens with zero attached hydrogens (tertiary/aromatic N) is 1. The van der Waals surface area contributed by atoms with Crippen LogP contribution in [0.25, 0.3) is 11.1 Å². The molecule has 0 aliphatic heterocycles. The number of benzene rings is 3. The summed E-state index contributed by atoms with van der Waals surface area (Å²) in [6.07, 6.45) is -0.0131. The second-order valence-electron chi connectivity index (χ2n) is 9.37. The van der Waals surface area contributed by atoms with Crippen molar-refractivity contribution in [2.24, 2.45) is 5.73 Å². The Morgan fingerprint density at radius 1 is 0.952 bits per heavy atom. The number of carboxylic acids is 1. The first kappa shape index (κ1) is 31.8. The maximum absolute atomic E-state index is 12.9. The summed E-state index contributed by atoms with van der Waals surface area (Å²) >= 11 is 12.7. The Kier molecular flexibility index (Phi) is 11.2. The highest BCUT2D eigenvalue weighted by Crippen LogP contribution is 2.32. The minimum atomic E-state index is -1.42. The molecule has 0 aromatic heterocycles. The van der Waals surface area contributed by atoms with Gasteiger partial charge in [-0.15, -0.1) is 0 Å². The van der Waals surface area contributed by atoms with Gasteiger partial charge in [0.15, 0.2) is 5.78 Å². The molecule has 0 spiro atoms. The molecular weight excluding hydrogens is 581 g/mol. The van der Waals surface area contributed by atoms with Crippen LogP contribution in [-0.4, -0.2) is 47.1 Å². The molecule has 3 aromatic rings. The number of carbonyl (C=O) groups is 4. The van der Waals surface area contributed by atoms with Crippen LogP contribution in [0.1, 0.15) is 44.7 Å². The summed E-state index contributed by atoms with van der Waals surface area (Å²) in [7, 11) is 0. The largest absolute Gasteiger partial charge is 0.480 e. The van der Waals surface area contributed by atoms with Gasteiger partial charge in [-0.2, -0.15) is 5.26 Å². The molecule has 0 aliphatic rings. The first-order valence-electron chi connectivity index (χ1n) is 12.7. The number of amides is 2. The highest BCUT2D eigenvalue weighted by molar-refractivity contribution is 6.40. The molecule has 0 saturated heterocycles. The Morgan fingerprint density at radius 2 is 1.62 bits per heavy atom. The number of Topliss-reactive ketones (excluding diaryl/α,β-unsaturated/α-hetero) is 1. The molecule has 0 unspecified atom stereocenters. The minimum Gasteiger partial charge on any atom is -0.480 e. The van der Waals surface area contributed by atoms with Crippen LogP contribution in [0.3, 0.4) is 0 Å². The van der Waals surface area contributed by atoms with Crippen molar-refractivity contribution in [3.63, 3.8) is 0 Å². The smallest absolute Gasteiger partial charge is 0.326 e. The van der Waals surface area contributed by atoms with Crippen LogP contribution in [0.2, 0.25) is 10.0 Å². The fraction of sp³-hybridized carbons (Fsp3) is 0.200. The summed E-state index contributed by atoms with van der Waals surface area (Å²) in [5, 5.41) is 30.7. The number of nitrogens with one attached hydrogen (secondary N) is 3. The van der Waals surface area contributed by atoms with Crippen molar-refractivity contribution in [3.05, 3.63) is 93.0 Å². The zero-order valence-electron chi connectivity index (χ0n) is 22.2. The van der Waals surface area contributed by atoms with Gasteiger partial charge in [0.2, 0.25) is 0 Å². The van der Waals surface area contributed by atoms with Crippen molar-refractivity contribution >= 4 is 52.6 Å². The van der Waals surface area contributed by atoms with Crippen molar-refractivity contribution in [2.75, 3.05) is 6.54 Å². The van der Waals surface area contributed by atoms with Gasteiger partial charge in [0.25, 0.3) is 11.8 Å². The van der Waals surface area contributed by atoms with Crippen LogP contribution in [0, 0.1) is 16.7 Å². The van der Waals surface area contributed by atoms with Crippen LogP contribution in [-0.2, 0) is 22.4 Å². The third kappa shape index (κ3) is 8.89. The number of hydrogen-bond donors (Lipinski definition) is 5. The normalized spacial score (nSPS) is 11.2. The number of hydrogen-bond acceptors (Lipinski definition) is 6. The first-order valence-corrected chi connectivity index (χ1v) is 13.4. The summed E-state index contributed by atoms with van der Waals surface area (Å²) in [5.41, 5.74) is 8.45. The van der Waals surface area contributed by atoms with Crippen LogP contribution in [0.4, 0.5) is 0 Å². The monoisotopic (exact) mass is 607 g/mol. The molecule has 10 nitrogen and oxygen atoms in total. The molecule has 3 aromatic carbocycles.